The molecule has 13 nitrogen and oxygen atoms in total. The van der Waals surface area contributed by atoms with Gasteiger partial charge in [-0.25, -0.2) is 24.0 Å². The fraction of sp³-hybridized carbons (Fsp3) is 0.327. The number of aliphatic hydroxyl groups excluding tert-OH is 2. The van der Waals surface area contributed by atoms with Gasteiger partial charge in [0.25, 0.3) is 0 Å². The first-order valence-electron chi connectivity index (χ1n) is 22.9. The molecule has 0 saturated carbocycles. The lowest BCUT2D eigenvalue weighted by molar-refractivity contribution is 0.00447. The average molecular weight is 931 g/mol. The van der Waals surface area contributed by atoms with E-state index in [1.54, 1.807) is 106 Å². The van der Waals surface area contributed by atoms with Crippen LogP contribution in [0.1, 0.15) is 126 Å². The number of benzene rings is 6. The van der Waals surface area contributed by atoms with Gasteiger partial charge in [-0.05, 0) is 139 Å². The van der Waals surface area contributed by atoms with Crippen LogP contribution in [0.5, 0.6) is 0 Å². The van der Waals surface area contributed by atoms with E-state index in [0.29, 0.717) is 38.4 Å². The van der Waals surface area contributed by atoms with Crippen LogP contribution in [0, 0.1) is 0 Å². The fourth-order valence-electron chi connectivity index (χ4n) is 6.58. The molecule has 360 valence electrons. The minimum Gasteiger partial charge on any atom is -0.491 e. The lowest BCUT2D eigenvalue weighted by atomic mass is 10.0. The normalized spacial score (nSPS) is 12.8. The maximum absolute atomic E-state index is 13.1. The molecule has 13 heteroatoms. The number of rotatable bonds is 18. The van der Waals surface area contributed by atoms with Gasteiger partial charge in [-0.3, -0.25) is 0 Å². The van der Waals surface area contributed by atoms with E-state index >= 15 is 0 Å². The third-order valence-electron chi connectivity index (χ3n) is 9.82. The van der Waals surface area contributed by atoms with Gasteiger partial charge in [0.05, 0.1) is 40.0 Å². The van der Waals surface area contributed by atoms with E-state index in [-0.39, 0.29) is 43.1 Å². The summed E-state index contributed by atoms with van der Waals surface area (Å²) in [6.07, 6.45) is -0.246. The van der Waals surface area contributed by atoms with Crippen LogP contribution in [0.4, 0.5) is 0 Å². The molecule has 0 radical (unpaired) electrons. The second-order valence-electron chi connectivity index (χ2n) is 15.5. The molecule has 0 aromatic heterocycles. The van der Waals surface area contributed by atoms with Crippen molar-refractivity contribution < 1.29 is 62.6 Å². The first-order chi connectivity index (χ1) is 32.7. The predicted molar refractivity (Wildman–Crippen MR) is 263 cm³/mol. The van der Waals surface area contributed by atoms with Gasteiger partial charge in [0.15, 0.2) is 0 Å². The highest BCUT2D eigenvalue weighted by atomic mass is 16.6. The zero-order valence-corrected chi connectivity index (χ0v) is 40.2. The molecule has 0 spiro atoms. The Bertz CT molecular complexity index is 2720. The van der Waals surface area contributed by atoms with Gasteiger partial charge in [0.2, 0.25) is 0 Å². The Morgan fingerprint density at radius 1 is 0.412 bits per heavy atom. The summed E-state index contributed by atoms with van der Waals surface area (Å²) >= 11 is 0. The van der Waals surface area contributed by atoms with Gasteiger partial charge < -0.3 is 38.6 Å². The lowest BCUT2D eigenvalue weighted by Crippen LogP contribution is -2.22. The van der Waals surface area contributed by atoms with E-state index in [1.165, 1.54) is 6.92 Å². The van der Waals surface area contributed by atoms with Crippen molar-refractivity contribution >= 4 is 67.9 Å². The van der Waals surface area contributed by atoms with Crippen LogP contribution in [0.15, 0.2) is 115 Å². The maximum atomic E-state index is 13.1. The topological polar surface area (TPSA) is 181 Å². The number of ether oxygens (including phenoxy) is 6. The number of fused-ring (bicyclic) bond motifs is 3. The summed E-state index contributed by atoms with van der Waals surface area (Å²) in [5.41, 5.74) is 2.25. The summed E-state index contributed by atoms with van der Waals surface area (Å²) in [5, 5.41) is 23.5. The molecule has 6 aromatic rings. The van der Waals surface area contributed by atoms with E-state index < -0.39 is 54.3 Å². The van der Waals surface area contributed by atoms with Crippen LogP contribution in [0.2, 0.25) is 0 Å². The van der Waals surface area contributed by atoms with Crippen LogP contribution in [0.25, 0.3) is 38.1 Å². The average Bonchev–Trinajstić information content (AvgIpc) is 3.35. The molecule has 4 unspecified atom stereocenters. The molecular weight excluding hydrogens is 869 g/mol. The highest BCUT2D eigenvalue weighted by Gasteiger charge is 2.19. The number of esters is 5. The summed E-state index contributed by atoms with van der Waals surface area (Å²) in [7, 11) is 0. The molecule has 6 rings (SSSR count). The molecule has 0 heterocycles. The molecule has 0 saturated heterocycles. The second kappa shape index (κ2) is 26.3. The molecule has 0 fully saturated rings. The summed E-state index contributed by atoms with van der Waals surface area (Å²) < 4.78 is 32.9. The number of hydrogen-bond donors (Lipinski definition) is 2. The summed E-state index contributed by atoms with van der Waals surface area (Å²) in [5.74, 6) is -2.36. The van der Waals surface area contributed by atoms with Gasteiger partial charge in [-0.15, -0.1) is 0 Å². The van der Waals surface area contributed by atoms with Gasteiger partial charge in [0, 0.05) is 5.56 Å². The van der Waals surface area contributed by atoms with Crippen molar-refractivity contribution in [2.75, 3.05) is 26.4 Å². The Hall–Kier alpha value is -7.09. The first-order valence-corrected chi connectivity index (χ1v) is 22.9. The van der Waals surface area contributed by atoms with Gasteiger partial charge in [-0.2, -0.15) is 0 Å². The van der Waals surface area contributed by atoms with E-state index in [0.717, 1.165) is 22.8 Å². The minimum atomic E-state index is -0.780. The van der Waals surface area contributed by atoms with Crippen molar-refractivity contribution in [3.63, 3.8) is 0 Å². The van der Waals surface area contributed by atoms with Gasteiger partial charge in [-0.1, -0.05) is 77.1 Å². The number of hydrogen-bond acceptors (Lipinski definition) is 13. The molecular formula is C55H62O13. The van der Waals surface area contributed by atoms with Crippen molar-refractivity contribution in [1.82, 2.24) is 0 Å². The highest BCUT2D eigenvalue weighted by molar-refractivity contribution is 6.01. The van der Waals surface area contributed by atoms with Crippen molar-refractivity contribution in [3.8, 4) is 0 Å². The quantitative estimate of drug-likeness (QED) is 0.0472. The molecule has 2 N–H and O–H groups in total. The Morgan fingerprint density at radius 2 is 0.706 bits per heavy atom. The number of carbonyl (C=O) groups is 5. The second-order valence-corrected chi connectivity index (χ2v) is 15.5. The van der Waals surface area contributed by atoms with E-state index in [9.17, 15) is 34.2 Å². The van der Waals surface area contributed by atoms with Crippen LogP contribution in [0.3, 0.4) is 0 Å². The molecule has 0 aliphatic carbocycles. The molecule has 0 aliphatic heterocycles. The monoisotopic (exact) mass is 930 g/mol. The highest BCUT2D eigenvalue weighted by Crippen LogP contribution is 2.26. The molecule has 0 aliphatic rings. The van der Waals surface area contributed by atoms with E-state index in [2.05, 4.69) is 0 Å². The summed E-state index contributed by atoms with van der Waals surface area (Å²) in [6, 6.07) is 30.5. The summed E-state index contributed by atoms with van der Waals surface area (Å²) in [4.78, 5) is 64.2. The van der Waals surface area contributed by atoms with E-state index in [1.807, 2.05) is 65.0 Å². The molecule has 4 atom stereocenters. The Balaban J connectivity index is 0.00000245. The molecule has 0 amide bonds. The number of aliphatic hydroxyl groups is 2. The van der Waals surface area contributed by atoms with Gasteiger partial charge >= 0.3 is 29.8 Å². The third kappa shape index (κ3) is 15.2. The summed E-state index contributed by atoms with van der Waals surface area (Å²) in [6.45, 7) is 16.0. The fourth-order valence-corrected chi connectivity index (χ4v) is 6.58. The van der Waals surface area contributed by atoms with Crippen molar-refractivity contribution in [3.05, 3.63) is 149 Å². The van der Waals surface area contributed by atoms with Crippen molar-refractivity contribution in [2.24, 2.45) is 0 Å². The Morgan fingerprint density at radius 3 is 1.07 bits per heavy atom. The first kappa shape index (κ1) is 53.5. The van der Waals surface area contributed by atoms with Crippen LogP contribution in [-0.2, 0) is 28.4 Å². The van der Waals surface area contributed by atoms with Crippen LogP contribution in [-0.4, -0.2) is 90.9 Å². The minimum absolute atomic E-state index is 0.120. The predicted octanol–water partition coefficient (Wildman–Crippen LogP) is 10.7. The van der Waals surface area contributed by atoms with Crippen molar-refractivity contribution in [1.29, 1.82) is 0 Å². The SMILES string of the molecule is CC.CC.CC/C=C(\OCC(C)O)c1ccc2ccc(C(=O)OC(C)COC(=O)c3ccc4cc(C(=O)OC(C)COC(=O)c5ccc6cc(C(=O)OCC(C)O)ccc6c5)ccc4c3)cc2c1. The smallest absolute Gasteiger partial charge is 0.338 e. The zero-order valence-electron chi connectivity index (χ0n) is 40.2. The Kier molecular flexibility index (Phi) is 20.7. The standard InChI is InChI=1S/C51H50O13.2C2H6/c1-6-7-46(59-26-30(2)52)39-14-8-34-9-15-44(25-45(34)24-39)51(58)64-33(5)29-62-49(56)42-18-12-38-23-43(19-13-37(38)22-42)50(57)63-32(4)28-61-48(55)41-17-11-35-20-40(16-10-36(35)21-41)47(54)60-27-31(3)53;2*1-2/h7-25,30-33,52-53H,6,26-29H2,1-5H3;2*1-2H3/b46-7-;;. The Labute approximate surface area is 397 Å². The lowest BCUT2D eigenvalue weighted by Gasteiger charge is -2.15. The van der Waals surface area contributed by atoms with Crippen LogP contribution >= 0.6 is 0 Å². The van der Waals surface area contributed by atoms with Crippen molar-refractivity contribution in [2.45, 2.75) is 93.2 Å². The number of allylic oxidation sites excluding steroid dienone is 1. The number of carbonyl (C=O) groups excluding carboxylic acids is 5. The van der Waals surface area contributed by atoms with Gasteiger partial charge in [0.1, 0.15) is 44.4 Å². The largest absolute Gasteiger partial charge is 0.491 e. The zero-order chi connectivity index (χ0) is 49.9. The molecule has 68 heavy (non-hydrogen) atoms. The maximum Gasteiger partial charge on any atom is 0.338 e. The molecule has 0 bridgehead atoms. The third-order valence-corrected chi connectivity index (χ3v) is 9.82. The van der Waals surface area contributed by atoms with E-state index in [4.69, 9.17) is 28.4 Å². The molecule has 6 aromatic carbocycles. The van der Waals surface area contributed by atoms with Crippen LogP contribution < -0.4 is 0 Å².